The lowest BCUT2D eigenvalue weighted by Gasteiger charge is -2.23. The fraction of sp³-hybridized carbons (Fsp3) is 0.310. The van der Waals surface area contributed by atoms with E-state index < -0.39 is 23.6 Å². The molecule has 0 aliphatic rings. The van der Waals surface area contributed by atoms with Gasteiger partial charge in [0.2, 0.25) is 0 Å². The fourth-order valence-corrected chi connectivity index (χ4v) is 3.82. The number of nitrogens with zero attached hydrogens (tertiary/aromatic N) is 1. The van der Waals surface area contributed by atoms with Crippen LogP contribution in [0, 0.1) is 0 Å². The van der Waals surface area contributed by atoms with Gasteiger partial charge < -0.3 is 9.47 Å². The average Bonchev–Trinajstić information content (AvgIpc) is 2.86. The third-order valence-corrected chi connectivity index (χ3v) is 5.53. The molecule has 1 atom stereocenters. The van der Waals surface area contributed by atoms with Crippen molar-refractivity contribution < 1.29 is 23.9 Å². The number of ether oxygens (including phenoxy) is 2. The molecule has 0 fully saturated rings. The highest BCUT2D eigenvalue weighted by Crippen LogP contribution is 2.32. The van der Waals surface area contributed by atoms with Crippen LogP contribution in [-0.2, 0) is 22.3 Å². The SMILES string of the molecule is CCc1ccc(C(Cc2cccc(C(=O)OC)n2)C(=O)c2ccccc2)c(NC(=O)OC(C)(C)C)c1. The van der Waals surface area contributed by atoms with Crippen molar-refractivity contribution in [3.8, 4) is 0 Å². The second-order valence-electron chi connectivity index (χ2n) is 9.39. The summed E-state index contributed by atoms with van der Waals surface area (Å²) in [7, 11) is 1.29. The smallest absolute Gasteiger partial charge is 0.412 e. The zero-order chi connectivity index (χ0) is 26.3. The maximum absolute atomic E-state index is 13.8. The number of hydrogen-bond donors (Lipinski definition) is 1. The van der Waals surface area contributed by atoms with E-state index in [4.69, 9.17) is 9.47 Å². The Kier molecular flexibility index (Phi) is 8.59. The summed E-state index contributed by atoms with van der Waals surface area (Å²) in [6, 6.07) is 19.7. The minimum atomic E-state index is -0.677. The minimum Gasteiger partial charge on any atom is -0.464 e. The van der Waals surface area contributed by atoms with Crippen molar-refractivity contribution in [3.63, 3.8) is 0 Å². The number of anilines is 1. The molecule has 2 aromatic carbocycles. The molecule has 0 spiro atoms. The number of hydrogen-bond acceptors (Lipinski definition) is 6. The molecule has 0 aliphatic carbocycles. The molecule has 0 saturated heterocycles. The highest BCUT2D eigenvalue weighted by Gasteiger charge is 2.27. The van der Waals surface area contributed by atoms with Crippen LogP contribution in [0.4, 0.5) is 10.5 Å². The Balaban J connectivity index is 2.08. The van der Waals surface area contributed by atoms with E-state index in [0.717, 1.165) is 12.0 Å². The number of methoxy groups -OCH3 is 1. The van der Waals surface area contributed by atoms with Crippen LogP contribution in [0.3, 0.4) is 0 Å². The summed E-state index contributed by atoms with van der Waals surface area (Å²) in [6.45, 7) is 7.38. The maximum atomic E-state index is 13.8. The van der Waals surface area contributed by atoms with Crippen LogP contribution in [0.2, 0.25) is 0 Å². The molecule has 1 N–H and O–H groups in total. The van der Waals surface area contributed by atoms with Crippen LogP contribution >= 0.6 is 0 Å². The van der Waals surface area contributed by atoms with E-state index in [-0.39, 0.29) is 17.9 Å². The third-order valence-electron chi connectivity index (χ3n) is 5.53. The summed E-state index contributed by atoms with van der Waals surface area (Å²) in [6.07, 6.45) is 0.366. The Bertz CT molecular complexity index is 1230. The van der Waals surface area contributed by atoms with Gasteiger partial charge in [-0.3, -0.25) is 10.1 Å². The summed E-state index contributed by atoms with van der Waals surface area (Å²) in [4.78, 5) is 42.9. The van der Waals surface area contributed by atoms with Crippen molar-refractivity contribution in [2.45, 2.75) is 52.1 Å². The number of ketones is 1. The van der Waals surface area contributed by atoms with E-state index in [9.17, 15) is 14.4 Å². The first-order chi connectivity index (χ1) is 17.1. The maximum Gasteiger partial charge on any atom is 0.412 e. The van der Waals surface area contributed by atoms with Gasteiger partial charge in [-0.1, -0.05) is 55.5 Å². The second kappa shape index (κ2) is 11.6. The van der Waals surface area contributed by atoms with E-state index >= 15 is 0 Å². The quantitative estimate of drug-likeness (QED) is 0.309. The predicted molar refractivity (Wildman–Crippen MR) is 138 cm³/mol. The van der Waals surface area contributed by atoms with Gasteiger partial charge in [0, 0.05) is 23.4 Å². The number of pyridine rings is 1. The van der Waals surface area contributed by atoms with Crippen LogP contribution in [-0.4, -0.2) is 35.5 Å². The number of carbonyl (C=O) groups excluding carboxylic acids is 3. The van der Waals surface area contributed by atoms with Gasteiger partial charge in [0.25, 0.3) is 0 Å². The van der Waals surface area contributed by atoms with E-state index in [1.165, 1.54) is 7.11 Å². The molecule has 1 amide bonds. The van der Waals surface area contributed by atoms with Crippen LogP contribution in [0.5, 0.6) is 0 Å². The van der Waals surface area contributed by atoms with Gasteiger partial charge in [0.05, 0.1) is 13.0 Å². The van der Waals surface area contributed by atoms with Crippen LogP contribution in [0.15, 0.2) is 66.7 Å². The Labute approximate surface area is 211 Å². The first kappa shape index (κ1) is 26.6. The number of Topliss-reactive ketones (excluding diaryl/α,β-unsaturated/α-hetero) is 1. The molecule has 3 aromatic rings. The molecule has 0 radical (unpaired) electrons. The third kappa shape index (κ3) is 7.01. The fourth-order valence-electron chi connectivity index (χ4n) is 3.82. The van der Waals surface area contributed by atoms with Gasteiger partial charge in [-0.25, -0.2) is 14.6 Å². The van der Waals surface area contributed by atoms with Crippen molar-refractivity contribution in [2.75, 3.05) is 12.4 Å². The summed E-state index contributed by atoms with van der Waals surface area (Å²) < 4.78 is 10.3. The van der Waals surface area contributed by atoms with Crippen molar-refractivity contribution in [1.29, 1.82) is 0 Å². The average molecular weight is 489 g/mol. The lowest BCUT2D eigenvalue weighted by Crippen LogP contribution is -2.28. The number of aromatic nitrogens is 1. The molecule has 1 heterocycles. The van der Waals surface area contributed by atoms with E-state index in [2.05, 4.69) is 10.3 Å². The molecule has 3 rings (SSSR count). The highest BCUT2D eigenvalue weighted by molar-refractivity contribution is 6.02. The highest BCUT2D eigenvalue weighted by atomic mass is 16.6. The van der Waals surface area contributed by atoms with Crippen LogP contribution in [0.1, 0.15) is 71.3 Å². The minimum absolute atomic E-state index is 0.127. The lowest BCUT2D eigenvalue weighted by atomic mass is 9.85. The van der Waals surface area contributed by atoms with E-state index in [0.29, 0.717) is 22.5 Å². The molecule has 1 aromatic heterocycles. The first-order valence-electron chi connectivity index (χ1n) is 11.9. The predicted octanol–water partition coefficient (Wildman–Crippen LogP) is 5.99. The summed E-state index contributed by atoms with van der Waals surface area (Å²) in [5.41, 5.74) is 2.71. The Morgan fingerprint density at radius 3 is 2.33 bits per heavy atom. The normalized spacial score (nSPS) is 11.9. The van der Waals surface area contributed by atoms with E-state index in [1.807, 2.05) is 31.2 Å². The molecule has 0 saturated carbocycles. The van der Waals surface area contributed by atoms with E-state index in [1.54, 1.807) is 63.2 Å². The number of benzene rings is 2. The Morgan fingerprint density at radius 1 is 0.972 bits per heavy atom. The van der Waals surface area contributed by atoms with Gasteiger partial charge in [0.15, 0.2) is 5.78 Å². The number of nitrogens with one attached hydrogen (secondary N) is 1. The molecule has 1 unspecified atom stereocenters. The molecular weight excluding hydrogens is 456 g/mol. The molecular formula is C29H32N2O5. The first-order valence-corrected chi connectivity index (χ1v) is 11.9. The van der Waals surface area contributed by atoms with Crippen molar-refractivity contribution in [3.05, 3.63) is 94.8 Å². The monoisotopic (exact) mass is 488 g/mol. The molecule has 7 nitrogen and oxygen atoms in total. The van der Waals surface area contributed by atoms with Gasteiger partial charge in [-0.15, -0.1) is 0 Å². The standard InChI is InChI=1S/C29H32N2O5/c1-6-19-15-16-22(25(17-19)31-28(34)36-29(2,3)4)23(26(32)20-11-8-7-9-12-20)18-21-13-10-14-24(30-21)27(33)35-5/h7-17,23H,6,18H2,1-5H3,(H,31,34). The summed E-state index contributed by atoms with van der Waals surface area (Å²) in [5, 5.41) is 2.85. The number of carbonyl (C=O) groups is 3. The van der Waals surface area contributed by atoms with Gasteiger partial charge in [0.1, 0.15) is 11.3 Å². The zero-order valence-electron chi connectivity index (χ0n) is 21.3. The van der Waals surface area contributed by atoms with Crippen LogP contribution < -0.4 is 5.32 Å². The largest absolute Gasteiger partial charge is 0.464 e. The topological polar surface area (TPSA) is 94.6 Å². The summed E-state index contributed by atoms with van der Waals surface area (Å²) >= 11 is 0. The zero-order valence-corrected chi connectivity index (χ0v) is 21.3. The van der Waals surface area contributed by atoms with Crippen LogP contribution in [0.25, 0.3) is 0 Å². The number of rotatable bonds is 8. The van der Waals surface area contributed by atoms with Gasteiger partial charge in [-0.2, -0.15) is 0 Å². The summed E-state index contributed by atoms with van der Waals surface area (Å²) in [5.74, 6) is -1.36. The van der Waals surface area contributed by atoms with Crippen molar-refractivity contribution in [2.24, 2.45) is 0 Å². The molecule has 188 valence electrons. The van der Waals surface area contributed by atoms with Gasteiger partial charge >= 0.3 is 12.1 Å². The molecule has 0 bridgehead atoms. The Morgan fingerprint density at radius 2 is 1.69 bits per heavy atom. The lowest BCUT2D eigenvalue weighted by molar-refractivity contribution is 0.0591. The van der Waals surface area contributed by atoms with Crippen molar-refractivity contribution in [1.82, 2.24) is 4.98 Å². The van der Waals surface area contributed by atoms with Crippen molar-refractivity contribution >= 4 is 23.5 Å². The second-order valence-corrected chi connectivity index (χ2v) is 9.39. The molecule has 7 heteroatoms. The number of aryl methyl sites for hydroxylation is 1. The van der Waals surface area contributed by atoms with Gasteiger partial charge in [-0.05, 0) is 56.5 Å². The Hall–Kier alpha value is -4.00. The number of esters is 1. The molecule has 0 aliphatic heterocycles. The molecule has 36 heavy (non-hydrogen) atoms. The number of amides is 1.